The maximum Gasteiger partial charge on any atom is 0.200 e. The number of phenols is 1. The Morgan fingerprint density at radius 3 is 2.62 bits per heavy atom. The number of nitrogens with two attached hydrogens (primary N) is 1. The Bertz CT molecular complexity index is 1240. The highest BCUT2D eigenvalue weighted by atomic mass is 32.1. The van der Waals surface area contributed by atoms with Crippen LogP contribution in [0.25, 0.3) is 22.8 Å². The second-order valence-electron chi connectivity index (χ2n) is 6.46. The number of hydrogen-bond donors (Lipinski definition) is 4. The average molecular weight is 405 g/mol. The summed E-state index contributed by atoms with van der Waals surface area (Å²) in [6.07, 6.45) is 5.83. The molecule has 0 amide bonds. The molecule has 0 bridgehead atoms. The Morgan fingerprint density at radius 1 is 1.24 bits per heavy atom. The van der Waals surface area contributed by atoms with Gasteiger partial charge in [-0.05, 0) is 49.0 Å². The number of hydrogen-bond acceptors (Lipinski definition) is 6. The molecule has 2 aromatic carbocycles. The molecule has 0 saturated carbocycles. The molecule has 0 unspecified atom stereocenters. The van der Waals surface area contributed by atoms with Crippen LogP contribution in [-0.2, 0) is 0 Å². The maximum absolute atomic E-state index is 10.5. The van der Waals surface area contributed by atoms with Crippen molar-refractivity contribution in [1.82, 2.24) is 24.3 Å². The largest absolute Gasteiger partial charge is 0.507 e. The van der Waals surface area contributed by atoms with Crippen LogP contribution in [0.3, 0.4) is 0 Å². The maximum atomic E-state index is 10.5. The first kappa shape index (κ1) is 18.6. The fraction of sp³-hybridized carbons (Fsp3) is 0.100. The normalized spacial score (nSPS) is 10.9. The van der Waals surface area contributed by atoms with Gasteiger partial charge >= 0.3 is 0 Å². The van der Waals surface area contributed by atoms with E-state index in [4.69, 9.17) is 23.4 Å². The van der Waals surface area contributed by atoms with Crippen LogP contribution in [0.15, 0.2) is 55.1 Å². The number of aromatic amines is 1. The smallest absolute Gasteiger partial charge is 0.200 e. The number of phenolic OH excluding ortho intramolecular Hbond substituents is 1. The van der Waals surface area contributed by atoms with Crippen molar-refractivity contribution >= 4 is 23.6 Å². The summed E-state index contributed by atoms with van der Waals surface area (Å²) in [4.78, 5) is 4.06. The Morgan fingerprint density at radius 2 is 1.97 bits per heavy atom. The van der Waals surface area contributed by atoms with Crippen molar-refractivity contribution in [2.45, 2.75) is 13.3 Å². The lowest BCUT2D eigenvalue weighted by Gasteiger charge is -2.13. The molecule has 0 atom stereocenters. The number of nitrogen functional groups attached to an aromatic ring is 1. The van der Waals surface area contributed by atoms with E-state index in [1.54, 1.807) is 23.2 Å². The second-order valence-corrected chi connectivity index (χ2v) is 6.85. The molecule has 9 heteroatoms. The van der Waals surface area contributed by atoms with E-state index in [0.29, 0.717) is 39.5 Å². The molecule has 5 N–H and O–H groups in total. The molecule has 0 fully saturated rings. The molecule has 146 valence electrons. The summed E-state index contributed by atoms with van der Waals surface area (Å²) in [5.74, 6) is 0.411. The van der Waals surface area contributed by atoms with E-state index in [-0.39, 0.29) is 5.75 Å². The van der Waals surface area contributed by atoms with Gasteiger partial charge in [0.1, 0.15) is 5.75 Å². The number of nitrogens with one attached hydrogen (secondary N) is 2. The fourth-order valence-electron chi connectivity index (χ4n) is 3.14. The predicted octanol–water partition coefficient (Wildman–Crippen LogP) is 3.85. The van der Waals surface area contributed by atoms with E-state index in [2.05, 4.69) is 15.2 Å². The zero-order valence-corrected chi connectivity index (χ0v) is 16.4. The molecule has 0 aliphatic carbocycles. The van der Waals surface area contributed by atoms with Gasteiger partial charge in [0.05, 0.1) is 17.6 Å². The Balaban J connectivity index is 1.83. The lowest BCUT2D eigenvalue weighted by atomic mass is 10.0. The quantitative estimate of drug-likeness (QED) is 0.228. The molecule has 0 aliphatic rings. The van der Waals surface area contributed by atoms with E-state index in [9.17, 15) is 5.11 Å². The van der Waals surface area contributed by atoms with Crippen LogP contribution >= 0.6 is 12.2 Å². The van der Waals surface area contributed by atoms with Gasteiger partial charge in [-0.15, -0.1) is 0 Å². The van der Waals surface area contributed by atoms with Gasteiger partial charge < -0.3 is 20.8 Å². The summed E-state index contributed by atoms with van der Waals surface area (Å²) in [5.41, 5.74) is 9.48. The minimum atomic E-state index is -0.0274. The minimum Gasteiger partial charge on any atom is -0.507 e. The van der Waals surface area contributed by atoms with Crippen molar-refractivity contribution in [3.63, 3.8) is 0 Å². The van der Waals surface area contributed by atoms with Gasteiger partial charge in [0, 0.05) is 41.1 Å². The van der Waals surface area contributed by atoms with E-state index in [0.717, 1.165) is 11.4 Å². The summed E-state index contributed by atoms with van der Waals surface area (Å²) in [6.45, 7) is 1.88. The molecular weight excluding hydrogens is 386 g/mol. The summed E-state index contributed by atoms with van der Waals surface area (Å²) in [5, 5.41) is 25.7. The van der Waals surface area contributed by atoms with Crippen LogP contribution < -0.4 is 5.73 Å². The van der Waals surface area contributed by atoms with Crippen molar-refractivity contribution in [2.24, 2.45) is 0 Å². The topological polar surface area (TPSA) is 122 Å². The third-order valence-electron chi connectivity index (χ3n) is 4.67. The fourth-order valence-corrected chi connectivity index (χ4v) is 3.38. The number of benzene rings is 2. The van der Waals surface area contributed by atoms with Gasteiger partial charge in [-0.3, -0.25) is 9.67 Å². The highest BCUT2D eigenvalue weighted by Gasteiger charge is 2.18. The Labute approximate surface area is 171 Å². The van der Waals surface area contributed by atoms with Crippen LogP contribution in [0, 0.1) is 10.2 Å². The van der Waals surface area contributed by atoms with Crippen molar-refractivity contribution < 1.29 is 5.11 Å². The van der Waals surface area contributed by atoms with Crippen LogP contribution in [0.1, 0.15) is 18.9 Å². The van der Waals surface area contributed by atoms with E-state index in [1.165, 1.54) is 6.07 Å². The molecule has 8 nitrogen and oxygen atoms in total. The summed E-state index contributed by atoms with van der Waals surface area (Å²) in [6, 6.07) is 10.8. The van der Waals surface area contributed by atoms with Gasteiger partial charge in [0.15, 0.2) is 10.6 Å². The zero-order chi connectivity index (χ0) is 20.5. The minimum absolute atomic E-state index is 0.0274. The van der Waals surface area contributed by atoms with Crippen LogP contribution in [0.2, 0.25) is 0 Å². The average Bonchev–Trinajstić information content (AvgIpc) is 3.38. The monoisotopic (exact) mass is 405 g/mol. The van der Waals surface area contributed by atoms with Gasteiger partial charge in [0.2, 0.25) is 0 Å². The molecule has 4 rings (SSSR count). The van der Waals surface area contributed by atoms with Crippen LogP contribution in [0.5, 0.6) is 5.75 Å². The van der Waals surface area contributed by atoms with Gasteiger partial charge in [0.25, 0.3) is 0 Å². The number of aromatic hydroxyl groups is 1. The Hall–Kier alpha value is -3.72. The number of nitrogens with zero attached hydrogens (tertiary/aromatic N) is 4. The third-order valence-corrected chi connectivity index (χ3v) is 4.94. The molecule has 0 spiro atoms. The van der Waals surface area contributed by atoms with Crippen molar-refractivity contribution in [3.05, 3.63) is 65.5 Å². The van der Waals surface area contributed by atoms with Crippen molar-refractivity contribution in [2.75, 3.05) is 5.73 Å². The van der Waals surface area contributed by atoms with Crippen molar-refractivity contribution in [3.8, 4) is 28.5 Å². The van der Waals surface area contributed by atoms with Crippen LogP contribution in [0.4, 0.5) is 5.69 Å². The van der Waals surface area contributed by atoms with E-state index in [1.807, 2.05) is 42.0 Å². The van der Waals surface area contributed by atoms with Gasteiger partial charge in [-0.25, -0.2) is 4.98 Å². The second kappa shape index (κ2) is 7.36. The highest BCUT2D eigenvalue weighted by Crippen LogP contribution is 2.34. The number of H-pyrrole nitrogens is 1. The molecular formula is C20H19N7OS. The first-order valence-corrected chi connectivity index (χ1v) is 9.37. The summed E-state index contributed by atoms with van der Waals surface area (Å²) in [7, 11) is 0. The first-order chi connectivity index (χ1) is 14.0. The molecule has 29 heavy (non-hydrogen) atoms. The lowest BCUT2D eigenvalue weighted by Crippen LogP contribution is -2.04. The predicted molar refractivity (Wildman–Crippen MR) is 115 cm³/mol. The zero-order valence-electron chi connectivity index (χ0n) is 15.6. The molecule has 0 radical (unpaired) electrons. The summed E-state index contributed by atoms with van der Waals surface area (Å²) >= 11 is 5.42. The van der Waals surface area contributed by atoms with Crippen LogP contribution in [-0.4, -0.2) is 35.1 Å². The summed E-state index contributed by atoms with van der Waals surface area (Å²) < 4.78 is 4.02. The molecule has 2 aromatic heterocycles. The SMILES string of the molecule is CCC(=N)c1cc(-c2n[nH]c(=S)n2-c2ccc(-n3ccnc3)cc2)c(O)cc1N. The third kappa shape index (κ3) is 3.32. The molecule has 2 heterocycles. The standard InChI is InChI=1S/C20H19N7OS/c1-2-16(21)14-9-15(18(28)10-17(14)22)19-24-25-20(29)27(19)13-5-3-12(4-6-13)26-8-7-23-11-26/h3-11,21,28H,2,22H2,1H3,(H,25,29). The van der Waals surface area contributed by atoms with E-state index >= 15 is 0 Å². The highest BCUT2D eigenvalue weighted by molar-refractivity contribution is 7.71. The van der Waals surface area contributed by atoms with Crippen molar-refractivity contribution in [1.29, 1.82) is 5.41 Å². The number of rotatable bonds is 5. The van der Waals surface area contributed by atoms with E-state index < -0.39 is 0 Å². The number of imidazole rings is 1. The lowest BCUT2D eigenvalue weighted by molar-refractivity contribution is 0.477. The van der Waals surface area contributed by atoms with Gasteiger partial charge in [-0.1, -0.05) is 6.92 Å². The molecule has 4 aromatic rings. The number of aromatic nitrogens is 5. The van der Waals surface area contributed by atoms with Gasteiger partial charge in [-0.2, -0.15) is 5.10 Å². The first-order valence-electron chi connectivity index (χ1n) is 8.96. The Kier molecular flexibility index (Phi) is 4.73. The molecule has 0 aliphatic heterocycles. The molecule has 0 saturated heterocycles. The number of anilines is 1.